The molecule has 0 rings (SSSR count). The smallest absolute Gasteiger partial charge is 0.220 e. The Bertz CT molecular complexity index is 159. The van der Waals surface area contributed by atoms with E-state index in [4.69, 9.17) is 0 Å². The summed E-state index contributed by atoms with van der Waals surface area (Å²) in [6, 6.07) is 0. The number of carbonyl (C=O) groups is 1. The molecule has 0 saturated carbocycles. The molecule has 0 fully saturated rings. The van der Waals surface area contributed by atoms with E-state index in [-0.39, 0.29) is 11.4 Å². The Morgan fingerprint density at radius 1 is 1.55 bits per heavy atom. The van der Waals surface area contributed by atoms with E-state index in [0.29, 0.717) is 6.42 Å². The minimum Gasteiger partial charge on any atom is -0.348 e. The van der Waals surface area contributed by atoms with Gasteiger partial charge in [0.2, 0.25) is 5.91 Å². The third-order valence-electron chi connectivity index (χ3n) is 1.37. The Hall–Kier alpha value is -0.790. The fraction of sp³-hybridized carbons (Fsp3) is 0.667. The monoisotopic (exact) mass is 155 g/mol. The van der Waals surface area contributed by atoms with E-state index >= 15 is 0 Å². The third kappa shape index (κ3) is 4.59. The average Bonchev–Trinajstić information content (AvgIpc) is 1.86. The van der Waals surface area contributed by atoms with E-state index in [2.05, 4.69) is 5.32 Å². The van der Waals surface area contributed by atoms with Crippen LogP contribution in [0.3, 0.4) is 0 Å². The minimum atomic E-state index is -0.207. The highest BCUT2D eigenvalue weighted by Crippen LogP contribution is 2.03. The molecule has 2 heteroatoms. The van der Waals surface area contributed by atoms with Crippen LogP contribution in [0.25, 0.3) is 0 Å². The summed E-state index contributed by atoms with van der Waals surface area (Å²) in [6.07, 6.45) is 4.46. The number of hydrogen-bond acceptors (Lipinski definition) is 1. The van der Waals surface area contributed by atoms with Gasteiger partial charge in [-0.25, -0.2) is 0 Å². The van der Waals surface area contributed by atoms with Crippen molar-refractivity contribution in [3.8, 4) is 0 Å². The van der Waals surface area contributed by atoms with Crippen molar-refractivity contribution in [1.82, 2.24) is 5.32 Å². The van der Waals surface area contributed by atoms with Gasteiger partial charge in [-0.05, 0) is 20.8 Å². The molecule has 0 bridgehead atoms. The largest absolute Gasteiger partial charge is 0.348 e. The van der Waals surface area contributed by atoms with Gasteiger partial charge in [-0.3, -0.25) is 4.79 Å². The molecule has 1 amide bonds. The van der Waals surface area contributed by atoms with Crippen LogP contribution < -0.4 is 5.32 Å². The van der Waals surface area contributed by atoms with Crippen LogP contribution >= 0.6 is 0 Å². The molecule has 2 nitrogen and oxygen atoms in total. The van der Waals surface area contributed by atoms with Crippen molar-refractivity contribution >= 4 is 5.91 Å². The fourth-order valence-corrected chi connectivity index (χ4v) is 0.906. The quantitative estimate of drug-likeness (QED) is 0.619. The number of hydrogen-bond donors (Lipinski definition) is 1. The zero-order valence-corrected chi connectivity index (χ0v) is 7.77. The van der Waals surface area contributed by atoms with E-state index in [1.54, 1.807) is 0 Å². The highest BCUT2D eigenvalue weighted by molar-refractivity contribution is 5.76. The van der Waals surface area contributed by atoms with Gasteiger partial charge in [0.1, 0.15) is 0 Å². The topological polar surface area (TPSA) is 29.1 Å². The molecule has 0 spiro atoms. The van der Waals surface area contributed by atoms with Gasteiger partial charge in [0.25, 0.3) is 0 Å². The van der Waals surface area contributed by atoms with Crippen molar-refractivity contribution in [2.45, 2.75) is 39.7 Å². The molecule has 0 unspecified atom stereocenters. The van der Waals surface area contributed by atoms with E-state index in [9.17, 15) is 4.79 Å². The molecule has 0 aliphatic carbocycles. The Kier molecular flexibility index (Phi) is 3.86. The van der Waals surface area contributed by atoms with E-state index in [0.717, 1.165) is 0 Å². The second-order valence-corrected chi connectivity index (χ2v) is 3.12. The number of rotatable bonds is 3. The lowest BCUT2D eigenvalue weighted by molar-refractivity contribution is -0.121. The maximum absolute atomic E-state index is 11.0. The van der Waals surface area contributed by atoms with Crippen molar-refractivity contribution in [2.75, 3.05) is 0 Å². The molecular weight excluding hydrogens is 138 g/mol. The van der Waals surface area contributed by atoms with Gasteiger partial charge >= 0.3 is 0 Å². The van der Waals surface area contributed by atoms with Gasteiger partial charge in [-0.15, -0.1) is 0 Å². The summed E-state index contributed by atoms with van der Waals surface area (Å²) in [7, 11) is 0. The molecular formula is C9H17NO. The molecule has 64 valence electrons. The molecule has 0 saturated heterocycles. The summed E-state index contributed by atoms with van der Waals surface area (Å²) >= 11 is 0. The van der Waals surface area contributed by atoms with E-state index in [1.165, 1.54) is 0 Å². The third-order valence-corrected chi connectivity index (χ3v) is 1.37. The Morgan fingerprint density at radius 3 is 2.45 bits per heavy atom. The van der Waals surface area contributed by atoms with E-state index in [1.807, 2.05) is 39.8 Å². The Balaban J connectivity index is 4.01. The van der Waals surface area contributed by atoms with Gasteiger partial charge in [0, 0.05) is 6.42 Å². The van der Waals surface area contributed by atoms with E-state index < -0.39 is 0 Å². The van der Waals surface area contributed by atoms with Crippen molar-refractivity contribution in [3.63, 3.8) is 0 Å². The molecule has 0 aromatic heterocycles. The zero-order chi connectivity index (χ0) is 8.91. The second-order valence-electron chi connectivity index (χ2n) is 3.12. The lowest BCUT2D eigenvalue weighted by atomic mass is 10.1. The molecule has 0 heterocycles. The first kappa shape index (κ1) is 10.2. The molecule has 11 heavy (non-hydrogen) atoms. The summed E-state index contributed by atoms with van der Waals surface area (Å²) in [5.74, 6) is 0.0908. The lowest BCUT2D eigenvalue weighted by Crippen LogP contribution is -2.41. The van der Waals surface area contributed by atoms with Crippen molar-refractivity contribution in [2.24, 2.45) is 0 Å². The van der Waals surface area contributed by atoms with Gasteiger partial charge in [-0.1, -0.05) is 19.1 Å². The number of amides is 1. The van der Waals surface area contributed by atoms with Crippen molar-refractivity contribution in [1.29, 1.82) is 0 Å². The highest BCUT2D eigenvalue weighted by Gasteiger charge is 2.14. The van der Waals surface area contributed by atoms with Gasteiger partial charge in [0.05, 0.1) is 5.54 Å². The van der Waals surface area contributed by atoms with Crippen molar-refractivity contribution < 1.29 is 4.79 Å². The fourth-order valence-electron chi connectivity index (χ4n) is 0.906. The zero-order valence-electron chi connectivity index (χ0n) is 7.77. The first-order chi connectivity index (χ1) is 5.02. The predicted molar refractivity (Wildman–Crippen MR) is 47.3 cm³/mol. The minimum absolute atomic E-state index is 0.0908. The van der Waals surface area contributed by atoms with Crippen LogP contribution in [0, 0.1) is 0 Å². The summed E-state index contributed by atoms with van der Waals surface area (Å²) in [5.41, 5.74) is -0.207. The molecule has 0 radical (unpaired) electrons. The normalized spacial score (nSPS) is 12.0. The number of allylic oxidation sites excluding steroid dienone is 1. The molecule has 1 N–H and O–H groups in total. The van der Waals surface area contributed by atoms with Crippen LogP contribution in [0.4, 0.5) is 0 Å². The predicted octanol–water partition coefficient (Wildman–Crippen LogP) is 1.87. The Labute approximate surface area is 68.7 Å². The number of carbonyl (C=O) groups excluding carboxylic acids is 1. The maximum Gasteiger partial charge on any atom is 0.220 e. The second kappa shape index (κ2) is 4.16. The van der Waals surface area contributed by atoms with Crippen molar-refractivity contribution in [3.05, 3.63) is 12.2 Å². The molecule has 0 aliphatic heterocycles. The SMILES string of the molecule is CC=CC(C)(C)NC(=O)CC. The van der Waals surface area contributed by atoms with Crippen LogP contribution in [0.15, 0.2) is 12.2 Å². The average molecular weight is 155 g/mol. The Morgan fingerprint density at radius 2 is 2.09 bits per heavy atom. The molecule has 0 aliphatic rings. The molecule has 0 aromatic rings. The summed E-state index contributed by atoms with van der Waals surface area (Å²) in [5, 5.41) is 2.88. The summed E-state index contributed by atoms with van der Waals surface area (Å²) < 4.78 is 0. The van der Waals surface area contributed by atoms with Gasteiger partial charge in [0.15, 0.2) is 0 Å². The van der Waals surface area contributed by atoms with Crippen LogP contribution in [0.1, 0.15) is 34.1 Å². The summed E-state index contributed by atoms with van der Waals surface area (Å²) in [6.45, 7) is 7.74. The summed E-state index contributed by atoms with van der Waals surface area (Å²) in [4.78, 5) is 11.0. The van der Waals surface area contributed by atoms with Gasteiger partial charge in [-0.2, -0.15) is 0 Å². The molecule has 0 atom stereocenters. The van der Waals surface area contributed by atoms with Crippen LogP contribution in [-0.4, -0.2) is 11.4 Å². The van der Waals surface area contributed by atoms with Crippen LogP contribution in [-0.2, 0) is 4.79 Å². The standard InChI is InChI=1S/C9H17NO/c1-5-7-9(3,4)10-8(11)6-2/h5,7H,6H2,1-4H3,(H,10,11). The maximum atomic E-state index is 11.0. The molecule has 0 aromatic carbocycles. The lowest BCUT2D eigenvalue weighted by Gasteiger charge is -2.21. The van der Waals surface area contributed by atoms with Crippen LogP contribution in [0.2, 0.25) is 0 Å². The number of nitrogens with one attached hydrogen (secondary N) is 1. The van der Waals surface area contributed by atoms with Crippen LogP contribution in [0.5, 0.6) is 0 Å². The highest BCUT2D eigenvalue weighted by atomic mass is 16.1. The first-order valence-electron chi connectivity index (χ1n) is 3.96. The van der Waals surface area contributed by atoms with Gasteiger partial charge < -0.3 is 5.32 Å². The first-order valence-corrected chi connectivity index (χ1v) is 3.96.